The number of amides is 4. The van der Waals surface area contributed by atoms with Gasteiger partial charge in [0.05, 0.1) is 25.2 Å². The number of aldehydes is 1. The molecule has 3 aliphatic rings. The third-order valence-corrected chi connectivity index (χ3v) is 8.89. The van der Waals surface area contributed by atoms with Crippen LogP contribution in [-0.4, -0.2) is 97.7 Å². The first-order valence-corrected chi connectivity index (χ1v) is 20.9. The highest BCUT2D eigenvalue weighted by Gasteiger charge is 2.37. The van der Waals surface area contributed by atoms with Gasteiger partial charge in [0, 0.05) is 23.8 Å². The predicted molar refractivity (Wildman–Crippen MR) is 233 cm³/mol. The van der Waals surface area contributed by atoms with Crippen molar-refractivity contribution < 1.29 is 33.6 Å². The molecule has 0 spiro atoms. The third kappa shape index (κ3) is 31.7. The summed E-state index contributed by atoms with van der Waals surface area (Å²) in [6, 6.07) is 0.747. The van der Waals surface area contributed by atoms with Gasteiger partial charge in [-0.1, -0.05) is 94.1 Å². The maximum Gasteiger partial charge on any atom is 0.289 e. The van der Waals surface area contributed by atoms with Gasteiger partial charge in [0.1, 0.15) is 12.1 Å². The van der Waals surface area contributed by atoms with Crippen molar-refractivity contribution in [2.45, 2.75) is 184 Å². The van der Waals surface area contributed by atoms with Gasteiger partial charge in [0.25, 0.3) is 5.91 Å². The molecule has 0 aromatic rings. The Balaban J connectivity index is -0.000000314. The van der Waals surface area contributed by atoms with E-state index < -0.39 is 23.8 Å². The van der Waals surface area contributed by atoms with E-state index in [0.29, 0.717) is 32.1 Å². The summed E-state index contributed by atoms with van der Waals surface area (Å²) in [5.74, 6) is -0.280. The minimum atomic E-state index is -0.675. The Bertz CT molecular complexity index is 1160. The Morgan fingerprint density at radius 1 is 0.877 bits per heavy atom. The van der Waals surface area contributed by atoms with Crippen molar-refractivity contribution in [3.8, 4) is 12.8 Å². The van der Waals surface area contributed by atoms with Crippen LogP contribution in [0.25, 0.3) is 0 Å². The minimum Gasteiger partial charge on any atom is -0.382 e. The molecule has 330 valence electrons. The molecule has 0 bridgehead atoms. The fourth-order valence-electron chi connectivity index (χ4n) is 5.69. The zero-order valence-electron chi connectivity index (χ0n) is 37.9. The van der Waals surface area contributed by atoms with E-state index >= 15 is 0 Å². The Kier molecular flexibility index (Phi) is 39.3. The Morgan fingerprint density at radius 2 is 1.44 bits per heavy atom. The SMILES string of the molecule is C#C.CC.CC(C)(C)C(C=O)NC(=O)CNC=O.CC/C=C(/C)NCC(C)=O.CCC.CCC[C@H](NC=O)C(=O)C(=O)NC1CC1.C[C@@H]1C[C@@H]2CCCC[C@@H]2N1C. The molecule has 13 heteroatoms. The second kappa shape index (κ2) is 37.5. The molecule has 1 unspecified atom stereocenters. The molecular formula is C44H82N6O7. The quantitative estimate of drug-likeness (QED) is 0.0748. The summed E-state index contributed by atoms with van der Waals surface area (Å²) in [4.78, 5) is 77.9. The summed E-state index contributed by atoms with van der Waals surface area (Å²) in [6.45, 7) is 24.0. The van der Waals surface area contributed by atoms with Crippen LogP contribution in [0, 0.1) is 24.2 Å². The smallest absolute Gasteiger partial charge is 0.289 e. The van der Waals surface area contributed by atoms with Crippen LogP contribution in [0.2, 0.25) is 0 Å². The molecule has 1 aliphatic heterocycles. The van der Waals surface area contributed by atoms with E-state index in [4.69, 9.17) is 0 Å². The van der Waals surface area contributed by atoms with Crippen LogP contribution in [0.5, 0.6) is 0 Å². The zero-order chi connectivity index (χ0) is 45.0. The highest BCUT2D eigenvalue weighted by Crippen LogP contribution is 2.38. The summed E-state index contributed by atoms with van der Waals surface area (Å²) in [5, 5.41) is 12.7. The molecule has 2 saturated carbocycles. The lowest BCUT2D eigenvalue weighted by Gasteiger charge is -2.30. The first kappa shape index (κ1) is 59.6. The van der Waals surface area contributed by atoms with Gasteiger partial charge >= 0.3 is 0 Å². The van der Waals surface area contributed by atoms with E-state index in [1.807, 2.05) is 48.5 Å². The molecule has 3 fully saturated rings. The van der Waals surface area contributed by atoms with Gasteiger partial charge in [0.2, 0.25) is 24.5 Å². The molecule has 0 aromatic heterocycles. The second-order valence-electron chi connectivity index (χ2n) is 15.2. The summed E-state index contributed by atoms with van der Waals surface area (Å²) >= 11 is 0. The van der Waals surface area contributed by atoms with E-state index in [0.717, 1.165) is 49.4 Å². The summed E-state index contributed by atoms with van der Waals surface area (Å²) in [6.07, 6.45) is 24.4. The van der Waals surface area contributed by atoms with Gasteiger partial charge in [-0.15, -0.1) is 12.8 Å². The number of allylic oxidation sites excluding steroid dienone is 2. The standard InChI is InChI=1S/C10H16N2O3.C10H19N.C9H16N2O3.C8H15NO.C3H8.C2H6.C2H2/c1-2-3-8(11-6-13)9(14)10(15)12-7-4-5-7;1-8-7-9-5-3-4-6-10(9)11(8)2;1-9(2,3)7(5-12)11-8(14)4-10-6-13;1-4-5-7(2)9-6-8(3)10;1-3-2;2*1-2/h6-8H,2-5H2,1H3,(H,11,13)(H,12,15);8-10H,3-7H2,1-2H3;5-7H,4H2,1-3H3,(H,10,13)(H,11,14);5,9H,4,6H2,1-3H3;3H2,1-2H3;1-2H3;1-2H/b;;;7-5-;;;/t8-;8-,9+,10+;;;;;/m01...../s1. The number of ketones is 2. The number of Topliss-reactive ketones (excluding diaryl/α,β-unsaturated/α-hetero) is 2. The molecule has 0 radical (unpaired) electrons. The van der Waals surface area contributed by atoms with E-state index in [-0.39, 0.29) is 29.7 Å². The maximum absolute atomic E-state index is 11.6. The minimum absolute atomic E-state index is 0.107. The number of carbonyl (C=O) groups excluding carboxylic acids is 7. The molecule has 1 heterocycles. The monoisotopic (exact) mass is 807 g/mol. The summed E-state index contributed by atoms with van der Waals surface area (Å²) in [5.41, 5.74) is 0.760. The van der Waals surface area contributed by atoms with Crippen molar-refractivity contribution in [3.63, 3.8) is 0 Å². The Morgan fingerprint density at radius 3 is 1.86 bits per heavy atom. The van der Waals surface area contributed by atoms with E-state index in [9.17, 15) is 33.6 Å². The first-order chi connectivity index (χ1) is 27.0. The van der Waals surface area contributed by atoms with Crippen molar-refractivity contribution in [1.82, 2.24) is 31.5 Å². The van der Waals surface area contributed by atoms with Crippen molar-refractivity contribution in [1.29, 1.82) is 0 Å². The number of rotatable bonds is 16. The van der Waals surface area contributed by atoms with Crippen LogP contribution >= 0.6 is 0 Å². The Labute approximate surface area is 346 Å². The number of hydrogen-bond donors (Lipinski definition) is 5. The van der Waals surface area contributed by atoms with Gasteiger partial charge in [-0.2, -0.15) is 0 Å². The fourth-order valence-corrected chi connectivity index (χ4v) is 5.69. The molecule has 57 heavy (non-hydrogen) atoms. The molecule has 13 nitrogen and oxygen atoms in total. The lowest BCUT2D eigenvalue weighted by molar-refractivity contribution is -0.139. The lowest BCUT2D eigenvalue weighted by atomic mass is 9.85. The first-order valence-electron chi connectivity index (χ1n) is 20.9. The molecule has 4 amide bonds. The van der Waals surface area contributed by atoms with Crippen LogP contribution < -0.4 is 26.6 Å². The van der Waals surface area contributed by atoms with Crippen molar-refractivity contribution in [2.24, 2.45) is 11.3 Å². The molecule has 2 aliphatic carbocycles. The zero-order valence-corrected chi connectivity index (χ0v) is 37.9. The van der Waals surface area contributed by atoms with E-state index in [1.165, 1.54) is 38.5 Å². The maximum atomic E-state index is 11.6. The summed E-state index contributed by atoms with van der Waals surface area (Å²) in [7, 11) is 2.31. The molecule has 5 N–H and O–H groups in total. The number of fused-ring (bicyclic) bond motifs is 1. The average molecular weight is 807 g/mol. The normalized spacial score (nSPS) is 18.8. The van der Waals surface area contributed by atoms with Crippen molar-refractivity contribution >= 4 is 42.5 Å². The highest BCUT2D eigenvalue weighted by atomic mass is 16.2. The number of likely N-dealkylation sites (tertiary alicyclic amines) is 1. The largest absolute Gasteiger partial charge is 0.382 e. The predicted octanol–water partition coefficient (Wildman–Crippen LogP) is 5.65. The van der Waals surface area contributed by atoms with Crippen LogP contribution in [-0.2, 0) is 33.6 Å². The van der Waals surface area contributed by atoms with Gasteiger partial charge in [-0.3, -0.25) is 28.8 Å². The summed E-state index contributed by atoms with van der Waals surface area (Å²) < 4.78 is 0. The van der Waals surface area contributed by atoms with Crippen LogP contribution in [0.4, 0.5) is 0 Å². The molecule has 5 atom stereocenters. The third-order valence-electron chi connectivity index (χ3n) is 8.89. The van der Waals surface area contributed by atoms with Crippen molar-refractivity contribution in [2.75, 3.05) is 20.1 Å². The van der Waals surface area contributed by atoms with Gasteiger partial charge in [-0.05, 0) is 84.1 Å². The Hall–Kier alpha value is -4.05. The molecular weight excluding hydrogens is 725 g/mol. The number of hydrogen-bond acceptors (Lipinski definition) is 9. The van der Waals surface area contributed by atoms with E-state index in [1.54, 1.807) is 6.92 Å². The molecule has 3 rings (SSSR count). The van der Waals surface area contributed by atoms with E-state index in [2.05, 4.69) is 85.1 Å². The molecule has 0 aromatic carbocycles. The fraction of sp³-hybridized carbons (Fsp3) is 0.750. The van der Waals surface area contributed by atoms with Crippen molar-refractivity contribution in [3.05, 3.63) is 11.8 Å². The number of terminal acetylenes is 1. The number of carbonyl (C=O) groups is 7. The van der Waals surface area contributed by atoms with Crippen LogP contribution in [0.15, 0.2) is 11.8 Å². The topological polar surface area (TPSA) is 183 Å². The van der Waals surface area contributed by atoms with Gasteiger partial charge in [0.15, 0.2) is 0 Å². The van der Waals surface area contributed by atoms with Gasteiger partial charge < -0.3 is 36.3 Å². The van der Waals surface area contributed by atoms with Crippen LogP contribution in [0.1, 0.15) is 154 Å². The molecule has 1 saturated heterocycles. The number of nitrogens with zero attached hydrogens (tertiary/aromatic N) is 1. The van der Waals surface area contributed by atoms with Crippen LogP contribution in [0.3, 0.4) is 0 Å². The highest BCUT2D eigenvalue weighted by molar-refractivity contribution is 6.38. The average Bonchev–Trinajstić information content (AvgIpc) is 3.96. The second-order valence-corrected chi connectivity index (χ2v) is 15.2. The lowest BCUT2D eigenvalue weighted by Crippen LogP contribution is -2.47. The number of nitrogens with one attached hydrogen (secondary N) is 5. The van der Waals surface area contributed by atoms with Gasteiger partial charge in [-0.25, -0.2) is 0 Å².